The Labute approximate surface area is 137 Å². The number of rotatable bonds is 7. The Morgan fingerprint density at radius 1 is 1.26 bits per heavy atom. The molecule has 0 aliphatic heterocycles. The monoisotopic (exact) mass is 310 g/mol. The van der Waals surface area contributed by atoms with E-state index in [0.29, 0.717) is 29.9 Å². The Morgan fingerprint density at radius 3 is 2.83 bits per heavy atom. The van der Waals surface area contributed by atoms with Gasteiger partial charge in [0, 0.05) is 18.8 Å². The molecule has 0 saturated heterocycles. The summed E-state index contributed by atoms with van der Waals surface area (Å²) >= 11 is 0. The highest BCUT2D eigenvalue weighted by Crippen LogP contribution is 2.16. The summed E-state index contributed by atoms with van der Waals surface area (Å²) in [4.78, 5) is 8.45. The summed E-state index contributed by atoms with van der Waals surface area (Å²) in [7, 11) is 0. The van der Waals surface area contributed by atoms with Crippen molar-refractivity contribution in [3.63, 3.8) is 0 Å². The zero-order valence-corrected chi connectivity index (χ0v) is 13.8. The van der Waals surface area contributed by atoms with Crippen molar-refractivity contribution >= 4 is 5.82 Å². The van der Waals surface area contributed by atoms with Crippen molar-refractivity contribution in [2.75, 3.05) is 5.32 Å². The van der Waals surface area contributed by atoms with Gasteiger partial charge in [-0.2, -0.15) is 5.26 Å². The number of aromatic nitrogens is 2. The van der Waals surface area contributed by atoms with Gasteiger partial charge in [-0.05, 0) is 43.0 Å². The van der Waals surface area contributed by atoms with Crippen LogP contribution in [0.1, 0.15) is 38.4 Å². The molecule has 5 heteroatoms. The van der Waals surface area contributed by atoms with Crippen molar-refractivity contribution in [1.82, 2.24) is 9.97 Å². The minimum atomic E-state index is 0.139. The molecule has 2 aromatic rings. The third kappa shape index (κ3) is 5.59. The van der Waals surface area contributed by atoms with E-state index in [2.05, 4.69) is 36.1 Å². The van der Waals surface area contributed by atoms with Crippen LogP contribution in [0.3, 0.4) is 0 Å². The molecule has 2 rings (SSSR count). The van der Waals surface area contributed by atoms with E-state index in [1.54, 1.807) is 12.3 Å². The average Bonchev–Trinajstić information content (AvgIpc) is 2.52. The molecule has 1 N–H and O–H groups in total. The number of anilines is 1. The normalized spacial score (nSPS) is 11.8. The summed E-state index contributed by atoms with van der Waals surface area (Å²) < 4.78 is 5.86. The SMILES string of the molecule is CC(C)CC(C)Oc1cc(CNc2cccc(C#N)n2)ccn1. The summed E-state index contributed by atoms with van der Waals surface area (Å²) in [5.74, 6) is 1.90. The van der Waals surface area contributed by atoms with Gasteiger partial charge in [-0.3, -0.25) is 0 Å². The number of nitriles is 1. The van der Waals surface area contributed by atoms with Crippen LogP contribution < -0.4 is 10.1 Å². The third-order valence-electron chi connectivity index (χ3n) is 3.26. The lowest BCUT2D eigenvalue weighted by Gasteiger charge is -2.16. The lowest BCUT2D eigenvalue weighted by atomic mass is 10.1. The molecule has 0 saturated carbocycles. The topological polar surface area (TPSA) is 70.8 Å². The van der Waals surface area contributed by atoms with Gasteiger partial charge >= 0.3 is 0 Å². The number of hydrogen-bond acceptors (Lipinski definition) is 5. The second kappa shape index (κ2) is 8.14. The van der Waals surface area contributed by atoms with Crippen molar-refractivity contribution in [2.24, 2.45) is 5.92 Å². The largest absolute Gasteiger partial charge is 0.475 e. The Morgan fingerprint density at radius 2 is 2.09 bits per heavy atom. The lowest BCUT2D eigenvalue weighted by Crippen LogP contribution is -2.15. The molecule has 2 heterocycles. The number of nitrogens with one attached hydrogen (secondary N) is 1. The van der Waals surface area contributed by atoms with Crippen molar-refractivity contribution in [1.29, 1.82) is 5.26 Å². The lowest BCUT2D eigenvalue weighted by molar-refractivity contribution is 0.185. The van der Waals surface area contributed by atoms with Gasteiger partial charge in [0.1, 0.15) is 17.6 Å². The second-order valence-corrected chi connectivity index (χ2v) is 5.93. The summed E-state index contributed by atoms with van der Waals surface area (Å²) in [5.41, 5.74) is 1.45. The van der Waals surface area contributed by atoms with Gasteiger partial charge in [-0.25, -0.2) is 9.97 Å². The second-order valence-electron chi connectivity index (χ2n) is 5.93. The first kappa shape index (κ1) is 16.8. The quantitative estimate of drug-likeness (QED) is 0.843. The molecule has 1 unspecified atom stereocenters. The first-order valence-corrected chi connectivity index (χ1v) is 7.79. The van der Waals surface area contributed by atoms with Crippen LogP contribution in [0.5, 0.6) is 5.88 Å². The van der Waals surface area contributed by atoms with Crippen LogP contribution in [0.4, 0.5) is 5.82 Å². The minimum absolute atomic E-state index is 0.139. The Balaban J connectivity index is 1.95. The molecular formula is C18H22N4O. The molecular weight excluding hydrogens is 288 g/mol. The van der Waals surface area contributed by atoms with E-state index in [-0.39, 0.29) is 6.10 Å². The maximum Gasteiger partial charge on any atom is 0.213 e. The standard InChI is InChI=1S/C18H22N4O/c1-13(2)9-14(3)23-18-10-15(7-8-20-18)12-21-17-6-4-5-16(11-19)22-17/h4-8,10,13-14H,9,12H2,1-3H3,(H,21,22). The maximum atomic E-state index is 8.86. The molecule has 0 amide bonds. The Kier molecular flexibility index (Phi) is 5.93. The smallest absolute Gasteiger partial charge is 0.213 e. The molecule has 0 aliphatic rings. The fourth-order valence-corrected chi connectivity index (χ4v) is 2.33. The van der Waals surface area contributed by atoms with Crippen LogP contribution in [0.15, 0.2) is 36.5 Å². The molecule has 0 aromatic carbocycles. The maximum absolute atomic E-state index is 8.86. The van der Waals surface area contributed by atoms with E-state index >= 15 is 0 Å². The van der Waals surface area contributed by atoms with Crippen molar-refractivity contribution in [2.45, 2.75) is 39.8 Å². The third-order valence-corrected chi connectivity index (χ3v) is 3.26. The zero-order chi connectivity index (χ0) is 16.7. The van der Waals surface area contributed by atoms with Crippen LogP contribution in [0.25, 0.3) is 0 Å². The van der Waals surface area contributed by atoms with Crippen molar-refractivity contribution in [3.05, 3.63) is 47.8 Å². The van der Waals surface area contributed by atoms with Crippen molar-refractivity contribution < 1.29 is 4.74 Å². The van der Waals surface area contributed by atoms with E-state index in [9.17, 15) is 0 Å². The van der Waals surface area contributed by atoms with Gasteiger partial charge in [-0.1, -0.05) is 19.9 Å². The van der Waals surface area contributed by atoms with Gasteiger partial charge in [0.25, 0.3) is 0 Å². The average molecular weight is 310 g/mol. The zero-order valence-electron chi connectivity index (χ0n) is 13.8. The summed E-state index contributed by atoms with van der Waals surface area (Å²) in [5, 5.41) is 12.1. The number of pyridine rings is 2. The van der Waals surface area contributed by atoms with Gasteiger partial charge in [0.05, 0.1) is 6.10 Å². The number of ether oxygens (including phenoxy) is 1. The van der Waals surface area contributed by atoms with Crippen molar-refractivity contribution in [3.8, 4) is 11.9 Å². The Hall–Kier alpha value is -2.61. The summed E-state index contributed by atoms with van der Waals surface area (Å²) in [6.07, 6.45) is 2.88. The molecule has 2 aromatic heterocycles. The minimum Gasteiger partial charge on any atom is -0.475 e. The van der Waals surface area contributed by atoms with Crippen LogP contribution in [-0.4, -0.2) is 16.1 Å². The Bertz CT molecular complexity index is 679. The molecule has 0 spiro atoms. The summed E-state index contributed by atoms with van der Waals surface area (Å²) in [6, 6.07) is 11.2. The predicted octanol–water partition coefficient (Wildman–Crippen LogP) is 3.77. The van der Waals surface area contributed by atoms with E-state index in [1.807, 2.05) is 30.3 Å². The van der Waals surface area contributed by atoms with Gasteiger partial charge < -0.3 is 10.1 Å². The predicted molar refractivity (Wildman–Crippen MR) is 90.1 cm³/mol. The van der Waals surface area contributed by atoms with E-state index < -0.39 is 0 Å². The van der Waals surface area contributed by atoms with Gasteiger partial charge in [-0.15, -0.1) is 0 Å². The highest BCUT2D eigenvalue weighted by Gasteiger charge is 2.08. The first-order valence-electron chi connectivity index (χ1n) is 7.79. The van der Waals surface area contributed by atoms with Gasteiger partial charge in [0.2, 0.25) is 5.88 Å². The molecule has 0 aliphatic carbocycles. The van der Waals surface area contributed by atoms with Crippen LogP contribution in [-0.2, 0) is 6.54 Å². The van der Waals surface area contributed by atoms with E-state index in [4.69, 9.17) is 10.00 Å². The fraction of sp³-hybridized carbons (Fsp3) is 0.389. The highest BCUT2D eigenvalue weighted by molar-refractivity contribution is 5.39. The number of hydrogen-bond donors (Lipinski definition) is 1. The van der Waals surface area contributed by atoms with Gasteiger partial charge in [0.15, 0.2) is 0 Å². The van der Waals surface area contributed by atoms with E-state index in [0.717, 1.165) is 12.0 Å². The molecule has 1 atom stereocenters. The molecule has 0 radical (unpaired) electrons. The molecule has 120 valence electrons. The molecule has 5 nitrogen and oxygen atoms in total. The van der Waals surface area contributed by atoms with Crippen LogP contribution in [0.2, 0.25) is 0 Å². The van der Waals surface area contributed by atoms with E-state index in [1.165, 1.54) is 0 Å². The molecule has 23 heavy (non-hydrogen) atoms. The highest BCUT2D eigenvalue weighted by atomic mass is 16.5. The van der Waals surface area contributed by atoms with Crippen LogP contribution >= 0.6 is 0 Å². The summed E-state index contributed by atoms with van der Waals surface area (Å²) in [6.45, 7) is 7.01. The number of nitrogens with zero attached hydrogens (tertiary/aromatic N) is 3. The fourth-order valence-electron chi connectivity index (χ4n) is 2.33. The molecule has 0 fully saturated rings. The molecule has 0 bridgehead atoms. The van der Waals surface area contributed by atoms with Crippen LogP contribution in [0, 0.1) is 17.2 Å². The first-order chi connectivity index (χ1) is 11.1.